The van der Waals surface area contributed by atoms with Gasteiger partial charge in [-0.25, -0.2) is 4.39 Å². The van der Waals surface area contributed by atoms with Crippen molar-refractivity contribution in [1.82, 2.24) is 14.8 Å². The van der Waals surface area contributed by atoms with E-state index in [1.807, 2.05) is 24.4 Å². The predicted molar refractivity (Wildman–Crippen MR) is 128 cm³/mol. The van der Waals surface area contributed by atoms with Crippen molar-refractivity contribution in [2.24, 2.45) is 0 Å². The maximum Gasteiger partial charge on any atom is 0.162 e. The van der Waals surface area contributed by atoms with Gasteiger partial charge in [-0.1, -0.05) is 24.3 Å². The zero-order chi connectivity index (χ0) is 23.1. The maximum atomic E-state index is 13.9. The molecule has 3 aromatic carbocycles. The Balaban J connectivity index is 1.78. The van der Waals surface area contributed by atoms with E-state index in [2.05, 4.69) is 46.8 Å². The van der Waals surface area contributed by atoms with Gasteiger partial charge in [-0.05, 0) is 54.8 Å². The van der Waals surface area contributed by atoms with Gasteiger partial charge in [0.15, 0.2) is 11.5 Å². The van der Waals surface area contributed by atoms with E-state index in [0.29, 0.717) is 18.0 Å². The molecule has 5 nitrogen and oxygen atoms in total. The van der Waals surface area contributed by atoms with Gasteiger partial charge in [-0.15, -0.1) is 10.2 Å². The number of pyridine rings is 1. The largest absolute Gasteiger partial charge is 0.493 e. The lowest BCUT2D eigenvalue weighted by atomic mass is 9.98. The molecule has 0 radical (unpaired) electrons. The van der Waals surface area contributed by atoms with Gasteiger partial charge in [0.2, 0.25) is 0 Å². The maximum absolute atomic E-state index is 13.9. The molecule has 5 rings (SSSR count). The molecule has 0 unspecified atom stereocenters. The van der Waals surface area contributed by atoms with E-state index >= 15 is 0 Å². The van der Waals surface area contributed by atoms with Crippen LogP contribution in [-0.2, 0) is 6.54 Å². The van der Waals surface area contributed by atoms with Crippen LogP contribution in [0.25, 0.3) is 33.4 Å². The number of methoxy groups -OCH3 is 2. The van der Waals surface area contributed by atoms with Crippen molar-refractivity contribution in [3.05, 3.63) is 83.3 Å². The van der Waals surface area contributed by atoms with Crippen LogP contribution in [0.4, 0.5) is 4.39 Å². The Morgan fingerprint density at radius 3 is 2.33 bits per heavy atom. The summed E-state index contributed by atoms with van der Waals surface area (Å²) in [6.07, 6.45) is 2.04. The van der Waals surface area contributed by atoms with Gasteiger partial charge < -0.3 is 14.0 Å². The van der Waals surface area contributed by atoms with E-state index < -0.39 is 0 Å². The molecular formula is C27H24FN3O2. The number of nitrogens with zero attached hydrogens (tertiary/aromatic N) is 3. The average Bonchev–Trinajstić information content (AvgIpc) is 3.24. The van der Waals surface area contributed by atoms with Crippen molar-refractivity contribution in [2.75, 3.05) is 14.2 Å². The highest BCUT2D eigenvalue weighted by Gasteiger charge is 2.22. The second-order valence-electron chi connectivity index (χ2n) is 8.22. The van der Waals surface area contributed by atoms with Crippen LogP contribution in [0, 0.1) is 19.7 Å². The van der Waals surface area contributed by atoms with Crippen LogP contribution in [-0.4, -0.2) is 29.0 Å². The number of hydrogen-bond acceptors (Lipinski definition) is 4. The van der Waals surface area contributed by atoms with Crippen LogP contribution in [0.3, 0.4) is 0 Å². The van der Waals surface area contributed by atoms with E-state index in [4.69, 9.17) is 9.47 Å². The monoisotopic (exact) mass is 441 g/mol. The van der Waals surface area contributed by atoms with E-state index in [9.17, 15) is 4.39 Å². The third kappa shape index (κ3) is 3.67. The summed E-state index contributed by atoms with van der Waals surface area (Å²) >= 11 is 0. The SMILES string of the molecule is COc1cc2c3nnc(-c4ccc(C)c(C)c4)c-3cn(Cc3cccc(F)c3)c2cc1OC. The molecular weight excluding hydrogens is 417 g/mol. The summed E-state index contributed by atoms with van der Waals surface area (Å²) in [6, 6.07) is 16.8. The van der Waals surface area contributed by atoms with Crippen LogP contribution >= 0.6 is 0 Å². The first-order valence-electron chi connectivity index (χ1n) is 10.7. The minimum absolute atomic E-state index is 0.259. The smallest absolute Gasteiger partial charge is 0.162 e. The summed E-state index contributed by atoms with van der Waals surface area (Å²) in [5.41, 5.74) is 7.72. The van der Waals surface area contributed by atoms with Crippen molar-refractivity contribution >= 4 is 10.9 Å². The lowest BCUT2D eigenvalue weighted by Crippen LogP contribution is -2.05. The number of benzene rings is 3. The molecule has 0 spiro atoms. The number of aryl methyl sites for hydroxylation is 2. The molecule has 0 saturated heterocycles. The minimum atomic E-state index is -0.259. The number of halogens is 1. The van der Waals surface area contributed by atoms with Crippen LogP contribution in [0.15, 0.2) is 60.8 Å². The topological polar surface area (TPSA) is 49.2 Å². The first-order valence-corrected chi connectivity index (χ1v) is 10.7. The lowest BCUT2D eigenvalue weighted by Gasteiger charge is -2.18. The minimum Gasteiger partial charge on any atom is -0.493 e. The Bertz CT molecular complexity index is 1460. The third-order valence-corrected chi connectivity index (χ3v) is 6.13. The third-order valence-electron chi connectivity index (χ3n) is 6.13. The van der Waals surface area contributed by atoms with Crippen molar-refractivity contribution in [3.63, 3.8) is 0 Å². The van der Waals surface area contributed by atoms with Crippen molar-refractivity contribution < 1.29 is 13.9 Å². The molecule has 0 atom stereocenters. The molecule has 2 aliphatic heterocycles. The van der Waals surface area contributed by atoms with Crippen LogP contribution in [0.1, 0.15) is 16.7 Å². The second kappa shape index (κ2) is 8.20. The Labute approximate surface area is 191 Å². The molecule has 33 heavy (non-hydrogen) atoms. The van der Waals surface area contributed by atoms with Gasteiger partial charge in [0.25, 0.3) is 0 Å². The normalized spacial score (nSPS) is 11.3. The Kier molecular flexibility index (Phi) is 5.21. The van der Waals surface area contributed by atoms with E-state index in [0.717, 1.165) is 39.0 Å². The lowest BCUT2D eigenvalue weighted by molar-refractivity contribution is 0.355. The highest BCUT2D eigenvalue weighted by Crippen LogP contribution is 2.41. The molecule has 0 saturated carbocycles. The first-order chi connectivity index (χ1) is 16.0. The molecule has 3 aromatic rings. The molecule has 0 fully saturated rings. The standard InChI is InChI=1S/C27H24FN3O2/c1-16-8-9-19(10-17(16)2)26-22-15-31(14-18-6-5-7-20(28)11-18)23-13-25(33-4)24(32-3)12-21(23)27(22)30-29-26/h5-13,15H,14H2,1-4H3. The molecule has 2 aliphatic rings. The number of rotatable bonds is 5. The van der Waals surface area contributed by atoms with Crippen LogP contribution in [0.2, 0.25) is 0 Å². The number of ether oxygens (including phenoxy) is 2. The zero-order valence-electron chi connectivity index (χ0n) is 19.0. The Hall–Kier alpha value is -3.93. The van der Waals surface area contributed by atoms with Gasteiger partial charge >= 0.3 is 0 Å². The van der Waals surface area contributed by atoms with Gasteiger partial charge in [-0.3, -0.25) is 0 Å². The number of fused-ring (bicyclic) bond motifs is 3. The second-order valence-corrected chi connectivity index (χ2v) is 8.22. The Morgan fingerprint density at radius 2 is 1.61 bits per heavy atom. The highest BCUT2D eigenvalue weighted by atomic mass is 19.1. The Morgan fingerprint density at radius 1 is 0.848 bits per heavy atom. The van der Waals surface area contributed by atoms with Crippen molar-refractivity contribution in [1.29, 1.82) is 0 Å². The van der Waals surface area contributed by atoms with Gasteiger partial charge in [0, 0.05) is 35.3 Å². The fourth-order valence-electron chi connectivity index (χ4n) is 4.23. The fraction of sp³-hybridized carbons (Fsp3) is 0.185. The molecule has 0 amide bonds. The zero-order valence-corrected chi connectivity index (χ0v) is 19.0. The van der Waals surface area contributed by atoms with E-state index in [1.165, 1.54) is 17.2 Å². The summed E-state index contributed by atoms with van der Waals surface area (Å²) < 4.78 is 27.1. The highest BCUT2D eigenvalue weighted by molar-refractivity contribution is 5.99. The molecule has 6 heteroatoms. The first kappa shape index (κ1) is 20.9. The summed E-state index contributed by atoms with van der Waals surface area (Å²) in [7, 11) is 3.22. The molecule has 0 bridgehead atoms. The quantitative estimate of drug-likeness (QED) is 0.334. The van der Waals surface area contributed by atoms with Gasteiger partial charge in [0.05, 0.1) is 19.7 Å². The molecule has 166 valence electrons. The molecule has 0 aromatic heterocycles. The molecule has 0 N–H and O–H groups in total. The van der Waals surface area contributed by atoms with Crippen molar-refractivity contribution in [2.45, 2.75) is 20.4 Å². The molecule has 2 heterocycles. The van der Waals surface area contributed by atoms with Crippen molar-refractivity contribution in [3.8, 4) is 34.0 Å². The summed E-state index contributed by atoms with van der Waals surface area (Å²) in [4.78, 5) is 0. The van der Waals surface area contributed by atoms with Crippen LogP contribution in [0.5, 0.6) is 11.5 Å². The van der Waals surface area contributed by atoms with Crippen LogP contribution < -0.4 is 9.47 Å². The predicted octanol–water partition coefficient (Wildman–Crippen LogP) is 6.02. The van der Waals surface area contributed by atoms with Gasteiger partial charge in [0.1, 0.15) is 17.2 Å². The summed E-state index contributed by atoms with van der Waals surface area (Å²) in [6.45, 7) is 4.67. The van der Waals surface area contributed by atoms with E-state index in [1.54, 1.807) is 26.4 Å². The molecule has 0 aliphatic carbocycles. The fourth-order valence-corrected chi connectivity index (χ4v) is 4.23. The van der Waals surface area contributed by atoms with Gasteiger partial charge in [-0.2, -0.15) is 0 Å². The summed E-state index contributed by atoms with van der Waals surface area (Å²) in [5, 5.41) is 9.99. The van der Waals surface area contributed by atoms with E-state index in [-0.39, 0.29) is 5.82 Å². The number of aromatic nitrogens is 3. The average molecular weight is 442 g/mol. The summed E-state index contributed by atoms with van der Waals surface area (Å²) in [5.74, 6) is 0.974. The number of hydrogen-bond donors (Lipinski definition) is 0.